The number of benzene rings is 1. The molecule has 1 amide bonds. The highest BCUT2D eigenvalue weighted by molar-refractivity contribution is 8.00. The summed E-state index contributed by atoms with van der Waals surface area (Å²) in [5, 5.41) is 10.9. The molecule has 6 nitrogen and oxygen atoms in total. The van der Waals surface area contributed by atoms with Gasteiger partial charge in [-0.15, -0.1) is 11.8 Å². The van der Waals surface area contributed by atoms with Crippen LogP contribution in [0.15, 0.2) is 22.6 Å². The molecule has 0 bridgehead atoms. The third-order valence-electron chi connectivity index (χ3n) is 2.37. The van der Waals surface area contributed by atoms with E-state index in [0.717, 1.165) is 11.8 Å². The molecule has 0 atom stereocenters. The zero-order valence-electron chi connectivity index (χ0n) is 10.8. The molecule has 0 aliphatic heterocycles. The summed E-state index contributed by atoms with van der Waals surface area (Å²) in [6.45, 7) is 0. The maximum Gasteiger partial charge on any atom is 0.468 e. The van der Waals surface area contributed by atoms with Crippen LogP contribution in [0.3, 0.4) is 0 Å². The molecule has 0 fully saturated rings. The lowest BCUT2D eigenvalue weighted by atomic mass is 10.3. The molecule has 0 saturated carbocycles. The molecule has 2 rings (SSSR count). The van der Waals surface area contributed by atoms with Crippen molar-refractivity contribution in [1.82, 2.24) is 4.98 Å². The van der Waals surface area contributed by atoms with Gasteiger partial charge in [-0.3, -0.25) is 9.59 Å². The standard InChI is InChI=1S/C12H9F3N2O4S/c13-12(14,15)11-17-7-3-6(1-2-8(7)21-11)16-9(18)4-22-5-10(19)20/h1-3H,4-5H2,(H,16,18)(H,19,20). The fourth-order valence-electron chi connectivity index (χ4n) is 1.55. The number of anilines is 1. The summed E-state index contributed by atoms with van der Waals surface area (Å²) >= 11 is 0.905. The van der Waals surface area contributed by atoms with Crippen LogP contribution in [-0.2, 0) is 15.8 Å². The van der Waals surface area contributed by atoms with Gasteiger partial charge in [-0.05, 0) is 18.2 Å². The van der Waals surface area contributed by atoms with Gasteiger partial charge >= 0.3 is 18.0 Å². The first kappa shape index (κ1) is 16.1. The van der Waals surface area contributed by atoms with E-state index < -0.39 is 23.9 Å². The Kier molecular flexibility index (Phi) is 4.59. The number of oxazole rings is 1. The molecular formula is C12H9F3N2O4S. The second kappa shape index (κ2) is 6.26. The highest BCUT2D eigenvalue weighted by Gasteiger charge is 2.37. The number of aliphatic carboxylic acids is 1. The van der Waals surface area contributed by atoms with E-state index in [0.29, 0.717) is 0 Å². The van der Waals surface area contributed by atoms with E-state index in [2.05, 4.69) is 14.7 Å². The Morgan fingerprint density at radius 1 is 1.32 bits per heavy atom. The molecule has 1 aromatic carbocycles. The number of amides is 1. The number of nitrogens with one attached hydrogen (secondary N) is 1. The topological polar surface area (TPSA) is 92.4 Å². The third kappa shape index (κ3) is 4.13. The molecule has 0 radical (unpaired) electrons. The summed E-state index contributed by atoms with van der Waals surface area (Å²) in [6.07, 6.45) is -4.68. The second-order valence-electron chi connectivity index (χ2n) is 4.13. The molecule has 1 aromatic heterocycles. The van der Waals surface area contributed by atoms with Crippen molar-refractivity contribution in [3.8, 4) is 0 Å². The Bertz CT molecular complexity index is 714. The molecule has 2 N–H and O–H groups in total. The number of carbonyl (C=O) groups is 2. The average Bonchev–Trinajstić information content (AvgIpc) is 2.81. The number of fused-ring (bicyclic) bond motifs is 1. The van der Waals surface area contributed by atoms with Crippen LogP contribution in [0.5, 0.6) is 0 Å². The first-order valence-corrected chi connectivity index (χ1v) is 6.98. The fourth-order valence-corrected chi connectivity index (χ4v) is 2.09. The Labute approximate surface area is 125 Å². The summed E-state index contributed by atoms with van der Waals surface area (Å²) in [5.74, 6) is -3.17. The highest BCUT2D eigenvalue weighted by atomic mass is 32.2. The molecule has 22 heavy (non-hydrogen) atoms. The molecule has 118 valence electrons. The van der Waals surface area contributed by atoms with Gasteiger partial charge < -0.3 is 14.8 Å². The normalized spacial score (nSPS) is 11.6. The lowest BCUT2D eigenvalue weighted by Crippen LogP contribution is -2.15. The Morgan fingerprint density at radius 2 is 2.05 bits per heavy atom. The minimum absolute atomic E-state index is 0.0386. The van der Waals surface area contributed by atoms with Crippen LogP contribution < -0.4 is 5.32 Å². The number of carboxylic acid groups (broad SMARTS) is 1. The number of rotatable bonds is 5. The zero-order chi connectivity index (χ0) is 16.3. The fraction of sp³-hybridized carbons (Fsp3) is 0.250. The van der Waals surface area contributed by atoms with Crippen molar-refractivity contribution in [2.24, 2.45) is 0 Å². The molecule has 1 heterocycles. The van der Waals surface area contributed by atoms with Gasteiger partial charge in [-0.2, -0.15) is 13.2 Å². The summed E-state index contributed by atoms with van der Waals surface area (Å²) < 4.78 is 42.0. The third-order valence-corrected chi connectivity index (χ3v) is 3.29. The molecule has 0 unspecified atom stereocenters. The van der Waals surface area contributed by atoms with Crippen LogP contribution in [0.1, 0.15) is 5.89 Å². The van der Waals surface area contributed by atoms with Gasteiger partial charge in [0.25, 0.3) is 0 Å². The van der Waals surface area contributed by atoms with Crippen molar-refractivity contribution < 1.29 is 32.3 Å². The van der Waals surface area contributed by atoms with Gasteiger partial charge in [0.2, 0.25) is 5.91 Å². The van der Waals surface area contributed by atoms with E-state index in [1.807, 2.05) is 0 Å². The van der Waals surface area contributed by atoms with Crippen molar-refractivity contribution >= 4 is 40.4 Å². The smallest absolute Gasteiger partial charge is 0.468 e. The number of halogens is 3. The van der Waals surface area contributed by atoms with Crippen molar-refractivity contribution in [3.05, 3.63) is 24.1 Å². The number of carbonyl (C=O) groups excluding carboxylic acids is 1. The quantitative estimate of drug-likeness (QED) is 0.873. The lowest BCUT2D eigenvalue weighted by molar-refractivity contribution is -0.156. The number of carboxylic acids is 1. The van der Waals surface area contributed by atoms with Crippen LogP contribution in [0.2, 0.25) is 0 Å². The summed E-state index contributed by atoms with van der Waals surface area (Å²) in [4.78, 5) is 25.2. The van der Waals surface area contributed by atoms with Crippen molar-refractivity contribution in [2.45, 2.75) is 6.18 Å². The maximum atomic E-state index is 12.5. The average molecular weight is 334 g/mol. The van der Waals surface area contributed by atoms with E-state index in [-0.39, 0.29) is 28.3 Å². The molecule has 0 aliphatic carbocycles. The number of alkyl halides is 3. The van der Waals surface area contributed by atoms with Crippen LogP contribution in [0.4, 0.5) is 18.9 Å². The van der Waals surface area contributed by atoms with Gasteiger partial charge in [0.1, 0.15) is 5.52 Å². The van der Waals surface area contributed by atoms with Crippen LogP contribution in [0, 0.1) is 0 Å². The van der Waals surface area contributed by atoms with Gasteiger partial charge in [-0.1, -0.05) is 0 Å². The minimum atomic E-state index is -4.68. The Hall–Kier alpha value is -2.23. The van der Waals surface area contributed by atoms with E-state index in [9.17, 15) is 22.8 Å². The Morgan fingerprint density at radius 3 is 2.68 bits per heavy atom. The SMILES string of the molecule is O=C(O)CSCC(=O)Nc1ccc2oc(C(F)(F)F)nc2c1. The largest absolute Gasteiger partial charge is 0.481 e. The van der Waals surface area contributed by atoms with Crippen LogP contribution in [0.25, 0.3) is 11.1 Å². The summed E-state index contributed by atoms with van der Waals surface area (Å²) in [5.41, 5.74) is 0.157. The molecule has 0 spiro atoms. The first-order valence-electron chi connectivity index (χ1n) is 5.83. The predicted octanol–water partition coefficient (Wildman–Crippen LogP) is 2.60. The number of aromatic nitrogens is 1. The predicted molar refractivity (Wildman–Crippen MR) is 72.6 cm³/mol. The van der Waals surface area contributed by atoms with E-state index in [4.69, 9.17) is 5.11 Å². The molecule has 10 heteroatoms. The van der Waals surface area contributed by atoms with E-state index in [1.165, 1.54) is 18.2 Å². The first-order chi connectivity index (χ1) is 10.3. The van der Waals surface area contributed by atoms with Gasteiger partial charge in [-0.25, -0.2) is 4.98 Å². The lowest BCUT2D eigenvalue weighted by Gasteiger charge is -2.03. The molecular weight excluding hydrogens is 325 g/mol. The second-order valence-corrected chi connectivity index (χ2v) is 5.12. The maximum absolute atomic E-state index is 12.5. The number of thioether (sulfide) groups is 1. The zero-order valence-corrected chi connectivity index (χ0v) is 11.6. The van der Waals surface area contributed by atoms with Crippen LogP contribution in [-0.4, -0.2) is 33.5 Å². The van der Waals surface area contributed by atoms with Crippen molar-refractivity contribution in [1.29, 1.82) is 0 Å². The summed E-state index contributed by atoms with van der Waals surface area (Å²) in [7, 11) is 0. The minimum Gasteiger partial charge on any atom is -0.481 e. The van der Waals surface area contributed by atoms with Crippen molar-refractivity contribution in [2.75, 3.05) is 16.8 Å². The number of hydrogen-bond acceptors (Lipinski definition) is 5. The molecule has 2 aromatic rings. The molecule has 0 aliphatic rings. The van der Waals surface area contributed by atoms with E-state index >= 15 is 0 Å². The molecule has 0 saturated heterocycles. The van der Waals surface area contributed by atoms with Gasteiger partial charge in [0.15, 0.2) is 5.58 Å². The number of nitrogens with zero attached hydrogens (tertiary/aromatic N) is 1. The summed E-state index contributed by atoms with van der Waals surface area (Å²) in [6, 6.07) is 3.87. The van der Waals surface area contributed by atoms with Gasteiger partial charge in [0.05, 0.1) is 11.5 Å². The van der Waals surface area contributed by atoms with E-state index in [1.54, 1.807) is 0 Å². The van der Waals surface area contributed by atoms with Gasteiger partial charge in [0, 0.05) is 5.69 Å². The Balaban J connectivity index is 2.06. The highest BCUT2D eigenvalue weighted by Crippen LogP contribution is 2.31. The van der Waals surface area contributed by atoms with Crippen molar-refractivity contribution in [3.63, 3.8) is 0 Å². The van der Waals surface area contributed by atoms with Crippen LogP contribution >= 0.6 is 11.8 Å². The monoisotopic (exact) mass is 334 g/mol. The number of hydrogen-bond donors (Lipinski definition) is 2.